The fraction of sp³-hybridized carbons (Fsp3) is 0.538. The van der Waals surface area contributed by atoms with Gasteiger partial charge in [-0.05, 0) is 37.3 Å². The molecule has 1 heterocycles. The lowest BCUT2D eigenvalue weighted by Crippen LogP contribution is -2.35. The highest BCUT2D eigenvalue weighted by Crippen LogP contribution is 2.31. The first-order valence-corrected chi connectivity index (χ1v) is 6.91. The molecule has 0 radical (unpaired) electrons. The molecular weight excluding hydrogens is 304 g/mol. The summed E-state index contributed by atoms with van der Waals surface area (Å²) in [7, 11) is 0. The van der Waals surface area contributed by atoms with Gasteiger partial charge in [0.05, 0.1) is 0 Å². The van der Waals surface area contributed by atoms with E-state index in [0.717, 1.165) is 19.3 Å². The second kappa shape index (κ2) is 5.97. The quantitative estimate of drug-likeness (QED) is 0.923. The second-order valence-electron chi connectivity index (χ2n) is 4.66. The van der Waals surface area contributed by atoms with E-state index in [-0.39, 0.29) is 12.3 Å². The Balaban J connectivity index is 2.10. The zero-order chi connectivity index (χ0) is 13.1. The number of piperidine rings is 1. The Hall–Kier alpha value is -0.680. The van der Waals surface area contributed by atoms with Crippen LogP contribution >= 0.6 is 15.9 Å². The third-order valence-corrected chi connectivity index (χ3v) is 3.91. The van der Waals surface area contributed by atoms with Crippen molar-refractivity contribution in [3.8, 4) is 0 Å². The van der Waals surface area contributed by atoms with Gasteiger partial charge in [0.1, 0.15) is 5.69 Å². The largest absolute Gasteiger partial charge is 0.396 e. The maximum atomic E-state index is 13.8. The number of nitrogens with zero attached hydrogens (tertiary/aromatic N) is 1. The molecule has 2 rings (SSSR count). The van der Waals surface area contributed by atoms with Gasteiger partial charge in [0.2, 0.25) is 0 Å². The molecule has 0 atom stereocenters. The molecule has 1 saturated heterocycles. The highest BCUT2D eigenvalue weighted by Gasteiger charge is 2.23. The fourth-order valence-corrected chi connectivity index (χ4v) is 2.87. The highest BCUT2D eigenvalue weighted by atomic mass is 79.9. The third-order valence-electron chi connectivity index (χ3n) is 3.45. The van der Waals surface area contributed by atoms with Crippen molar-refractivity contribution in [3.05, 3.63) is 28.2 Å². The molecule has 100 valence electrons. The summed E-state index contributed by atoms with van der Waals surface area (Å²) < 4.78 is 28.0. The summed E-state index contributed by atoms with van der Waals surface area (Å²) in [5.41, 5.74) is 0.0700. The van der Waals surface area contributed by atoms with Crippen molar-refractivity contribution < 1.29 is 13.9 Å². The van der Waals surface area contributed by atoms with E-state index in [0.29, 0.717) is 23.5 Å². The minimum atomic E-state index is -0.525. The van der Waals surface area contributed by atoms with Crippen molar-refractivity contribution in [1.29, 1.82) is 0 Å². The van der Waals surface area contributed by atoms with Crippen molar-refractivity contribution in [2.45, 2.75) is 19.3 Å². The zero-order valence-corrected chi connectivity index (χ0v) is 11.6. The van der Waals surface area contributed by atoms with E-state index in [2.05, 4.69) is 15.9 Å². The van der Waals surface area contributed by atoms with E-state index in [1.807, 2.05) is 0 Å². The molecule has 0 aliphatic carbocycles. The Bertz CT molecular complexity index is 396. The lowest BCUT2D eigenvalue weighted by Gasteiger charge is -2.33. The highest BCUT2D eigenvalue weighted by molar-refractivity contribution is 9.10. The summed E-state index contributed by atoms with van der Waals surface area (Å²) in [5.74, 6) is -0.585. The molecule has 0 aromatic heterocycles. The van der Waals surface area contributed by atoms with E-state index < -0.39 is 11.6 Å². The minimum Gasteiger partial charge on any atom is -0.396 e. The number of hydrogen-bond donors (Lipinski definition) is 1. The Morgan fingerprint density at radius 3 is 2.28 bits per heavy atom. The van der Waals surface area contributed by atoms with Crippen LogP contribution in [0.4, 0.5) is 14.5 Å². The van der Waals surface area contributed by atoms with Crippen molar-refractivity contribution in [2.24, 2.45) is 5.92 Å². The molecular formula is C13H16BrF2NO. The van der Waals surface area contributed by atoms with E-state index >= 15 is 0 Å². The van der Waals surface area contributed by atoms with Gasteiger partial charge < -0.3 is 10.0 Å². The van der Waals surface area contributed by atoms with Gasteiger partial charge in [-0.25, -0.2) is 8.78 Å². The first-order valence-electron chi connectivity index (χ1n) is 6.12. The van der Waals surface area contributed by atoms with Gasteiger partial charge in [0.25, 0.3) is 0 Å². The molecule has 0 saturated carbocycles. The number of halogens is 3. The van der Waals surface area contributed by atoms with Crippen molar-refractivity contribution in [2.75, 3.05) is 24.6 Å². The van der Waals surface area contributed by atoms with Crippen LogP contribution < -0.4 is 4.90 Å². The Morgan fingerprint density at radius 2 is 1.78 bits per heavy atom. The first kappa shape index (κ1) is 13.7. The van der Waals surface area contributed by atoms with Gasteiger partial charge in [-0.3, -0.25) is 0 Å². The number of aliphatic hydroxyl groups is 1. The normalized spacial score (nSPS) is 17.2. The van der Waals surface area contributed by atoms with E-state index in [4.69, 9.17) is 5.11 Å². The van der Waals surface area contributed by atoms with E-state index in [9.17, 15) is 8.78 Å². The van der Waals surface area contributed by atoms with Crippen LogP contribution in [-0.2, 0) is 0 Å². The Labute approximate surface area is 114 Å². The van der Waals surface area contributed by atoms with Crippen LogP contribution in [0.15, 0.2) is 16.6 Å². The molecule has 1 fully saturated rings. The molecule has 1 N–H and O–H groups in total. The van der Waals surface area contributed by atoms with Gasteiger partial charge in [0.15, 0.2) is 11.6 Å². The predicted molar refractivity (Wildman–Crippen MR) is 70.7 cm³/mol. The average Bonchev–Trinajstić information content (AvgIpc) is 2.30. The van der Waals surface area contributed by atoms with Crippen LogP contribution in [0.1, 0.15) is 19.3 Å². The minimum absolute atomic E-state index is 0.0700. The summed E-state index contributed by atoms with van der Waals surface area (Å²) in [6, 6.07) is 2.58. The van der Waals surface area contributed by atoms with Crippen LogP contribution in [0.5, 0.6) is 0 Å². The smallest absolute Gasteiger partial charge is 0.150 e. The number of rotatable bonds is 3. The maximum Gasteiger partial charge on any atom is 0.150 e. The van der Waals surface area contributed by atoms with Crippen LogP contribution in [0.3, 0.4) is 0 Å². The van der Waals surface area contributed by atoms with Crippen LogP contribution in [0.2, 0.25) is 0 Å². The predicted octanol–water partition coefficient (Wildman–Crippen LogP) is 3.33. The van der Waals surface area contributed by atoms with E-state index in [1.165, 1.54) is 12.1 Å². The topological polar surface area (TPSA) is 23.5 Å². The van der Waals surface area contributed by atoms with Crippen molar-refractivity contribution >= 4 is 21.6 Å². The Morgan fingerprint density at radius 1 is 1.22 bits per heavy atom. The summed E-state index contributed by atoms with van der Waals surface area (Å²) >= 11 is 3.07. The number of anilines is 1. The molecule has 0 bridgehead atoms. The average molecular weight is 320 g/mol. The van der Waals surface area contributed by atoms with Crippen molar-refractivity contribution in [1.82, 2.24) is 0 Å². The summed E-state index contributed by atoms with van der Waals surface area (Å²) in [6.45, 7) is 1.46. The Kier molecular flexibility index (Phi) is 4.56. The van der Waals surface area contributed by atoms with Crippen molar-refractivity contribution in [3.63, 3.8) is 0 Å². The van der Waals surface area contributed by atoms with Gasteiger partial charge in [-0.2, -0.15) is 0 Å². The molecule has 1 aliphatic rings. The first-order chi connectivity index (χ1) is 8.61. The SMILES string of the molecule is OCCC1CCN(c2c(F)cc(Br)cc2F)CC1. The zero-order valence-electron chi connectivity index (χ0n) is 10.0. The van der Waals surface area contributed by atoms with Gasteiger partial charge in [-0.1, -0.05) is 15.9 Å². The molecule has 5 heteroatoms. The summed E-state index contributed by atoms with van der Waals surface area (Å²) in [4.78, 5) is 1.75. The third kappa shape index (κ3) is 3.01. The lowest BCUT2D eigenvalue weighted by atomic mass is 9.93. The second-order valence-corrected chi connectivity index (χ2v) is 5.58. The van der Waals surface area contributed by atoms with Gasteiger partial charge in [0, 0.05) is 24.2 Å². The van der Waals surface area contributed by atoms with E-state index in [1.54, 1.807) is 4.90 Å². The van der Waals surface area contributed by atoms with Gasteiger partial charge in [-0.15, -0.1) is 0 Å². The van der Waals surface area contributed by atoms with Gasteiger partial charge >= 0.3 is 0 Å². The molecule has 1 aromatic carbocycles. The molecule has 0 spiro atoms. The van der Waals surface area contributed by atoms with Crippen LogP contribution in [0, 0.1) is 17.6 Å². The van der Waals surface area contributed by atoms with Crippen LogP contribution in [-0.4, -0.2) is 24.8 Å². The van der Waals surface area contributed by atoms with Crippen LogP contribution in [0.25, 0.3) is 0 Å². The number of aliphatic hydroxyl groups excluding tert-OH is 1. The molecule has 0 unspecified atom stereocenters. The maximum absolute atomic E-state index is 13.8. The number of benzene rings is 1. The molecule has 2 nitrogen and oxygen atoms in total. The monoisotopic (exact) mass is 319 g/mol. The molecule has 0 amide bonds. The molecule has 1 aliphatic heterocycles. The molecule has 18 heavy (non-hydrogen) atoms. The number of hydrogen-bond acceptors (Lipinski definition) is 2. The fourth-order valence-electron chi connectivity index (χ4n) is 2.46. The summed E-state index contributed by atoms with van der Waals surface area (Å²) in [6.07, 6.45) is 2.52. The standard InChI is InChI=1S/C13H16BrF2NO/c14-10-7-11(15)13(12(16)8-10)17-4-1-9(2-5-17)3-6-18/h7-9,18H,1-6H2. The summed E-state index contributed by atoms with van der Waals surface area (Å²) in [5, 5.41) is 8.88. The molecule has 1 aromatic rings. The lowest BCUT2D eigenvalue weighted by molar-refractivity contribution is 0.240.